The lowest BCUT2D eigenvalue weighted by atomic mass is 10.0. The number of methoxy groups -OCH3 is 1. The van der Waals surface area contributed by atoms with Gasteiger partial charge in [-0.2, -0.15) is 13.2 Å². The predicted octanol–water partition coefficient (Wildman–Crippen LogP) is 5.27. The summed E-state index contributed by atoms with van der Waals surface area (Å²) in [5, 5.41) is 0. The van der Waals surface area contributed by atoms with Crippen molar-refractivity contribution in [3.05, 3.63) is 90.0 Å². The summed E-state index contributed by atoms with van der Waals surface area (Å²) in [4.78, 5) is 15.0. The van der Waals surface area contributed by atoms with Gasteiger partial charge < -0.3 is 9.64 Å². The van der Waals surface area contributed by atoms with Gasteiger partial charge in [0.2, 0.25) is 5.91 Å². The van der Waals surface area contributed by atoms with Gasteiger partial charge in [0.25, 0.3) is 10.0 Å². The molecule has 0 radical (unpaired) electrons. The fourth-order valence-corrected chi connectivity index (χ4v) is 5.72. The van der Waals surface area contributed by atoms with E-state index in [-0.39, 0.29) is 16.6 Å². The Labute approximate surface area is 208 Å². The third-order valence-electron chi connectivity index (χ3n) is 6.17. The number of nitrogens with zero attached hydrogens (tertiary/aromatic N) is 2. The number of carbonyl (C=O) groups is 1. The maximum absolute atomic E-state index is 13.6. The number of ether oxygens (including phenoxy) is 1. The van der Waals surface area contributed by atoms with Crippen LogP contribution in [0.4, 0.5) is 18.9 Å². The number of alkyl halides is 3. The number of hydrogen-bond acceptors (Lipinski definition) is 4. The lowest BCUT2D eigenvalue weighted by Crippen LogP contribution is -2.42. The SMILES string of the molecule is COc1ccc(S(=O)(=O)N(CC(=O)N2CCCC2c2ccccc2)c2ccc(C(F)(F)F)cc2)cc1. The Bertz CT molecular complexity index is 1300. The van der Waals surface area contributed by atoms with Gasteiger partial charge in [0.05, 0.1) is 29.3 Å². The second kappa shape index (κ2) is 10.2. The molecule has 1 atom stereocenters. The Morgan fingerprint density at radius 1 is 1.00 bits per heavy atom. The molecule has 0 aromatic heterocycles. The van der Waals surface area contributed by atoms with Crippen LogP contribution in [0.2, 0.25) is 0 Å². The lowest BCUT2D eigenvalue weighted by Gasteiger charge is -2.30. The number of amides is 1. The minimum atomic E-state index is -4.58. The van der Waals surface area contributed by atoms with Crippen molar-refractivity contribution in [2.45, 2.75) is 30.0 Å². The number of sulfonamides is 1. The number of hydrogen-bond donors (Lipinski definition) is 0. The number of benzene rings is 3. The summed E-state index contributed by atoms with van der Waals surface area (Å²) in [6.45, 7) is -0.0924. The molecule has 1 aliphatic rings. The first-order valence-corrected chi connectivity index (χ1v) is 12.7. The molecular weight excluding hydrogens is 493 g/mol. The van der Waals surface area contributed by atoms with Crippen LogP contribution < -0.4 is 9.04 Å². The van der Waals surface area contributed by atoms with Crippen LogP contribution in [-0.4, -0.2) is 39.4 Å². The second-order valence-corrected chi connectivity index (χ2v) is 10.2. The quantitative estimate of drug-likeness (QED) is 0.427. The van der Waals surface area contributed by atoms with E-state index in [0.717, 1.165) is 47.0 Å². The molecule has 1 aliphatic heterocycles. The zero-order valence-electron chi connectivity index (χ0n) is 19.5. The summed E-state index contributed by atoms with van der Waals surface area (Å²) in [5.74, 6) is 0.00668. The molecule has 6 nitrogen and oxygen atoms in total. The van der Waals surface area contributed by atoms with E-state index >= 15 is 0 Å². The summed E-state index contributed by atoms with van der Waals surface area (Å²) in [6.07, 6.45) is -3.08. The standard InChI is InChI=1S/C26H25F3N2O4S/c1-35-22-13-15-23(16-14-22)36(33,34)31(21-11-9-20(10-12-21)26(27,28)29)18-25(32)30-17-5-8-24(30)19-6-3-2-4-7-19/h2-4,6-7,9-16,24H,5,8,17-18H2,1H3. The van der Waals surface area contributed by atoms with E-state index in [0.29, 0.717) is 12.3 Å². The molecule has 190 valence electrons. The van der Waals surface area contributed by atoms with Gasteiger partial charge in [-0.3, -0.25) is 9.10 Å². The van der Waals surface area contributed by atoms with E-state index < -0.39 is 34.2 Å². The molecule has 3 aromatic carbocycles. The molecule has 4 rings (SSSR count). The highest BCUT2D eigenvalue weighted by atomic mass is 32.2. The number of anilines is 1. The van der Waals surface area contributed by atoms with E-state index in [1.54, 1.807) is 4.90 Å². The van der Waals surface area contributed by atoms with Crippen LogP contribution in [0.5, 0.6) is 5.75 Å². The van der Waals surface area contributed by atoms with Crippen LogP contribution >= 0.6 is 0 Å². The van der Waals surface area contributed by atoms with Crippen LogP contribution in [-0.2, 0) is 21.0 Å². The monoisotopic (exact) mass is 518 g/mol. The predicted molar refractivity (Wildman–Crippen MR) is 129 cm³/mol. The zero-order chi connectivity index (χ0) is 25.9. The van der Waals surface area contributed by atoms with Gasteiger partial charge in [-0.15, -0.1) is 0 Å². The average molecular weight is 519 g/mol. The Balaban J connectivity index is 1.69. The van der Waals surface area contributed by atoms with Crippen LogP contribution in [0.1, 0.15) is 30.0 Å². The van der Waals surface area contributed by atoms with Crippen LogP contribution in [0.15, 0.2) is 83.8 Å². The Hall–Kier alpha value is -3.53. The van der Waals surface area contributed by atoms with Crippen molar-refractivity contribution in [3.8, 4) is 5.75 Å². The molecule has 3 aromatic rings. The first-order chi connectivity index (χ1) is 17.1. The van der Waals surface area contributed by atoms with Crippen molar-refractivity contribution >= 4 is 21.6 Å². The molecule has 0 bridgehead atoms. The van der Waals surface area contributed by atoms with E-state index in [1.807, 2.05) is 30.3 Å². The highest BCUT2D eigenvalue weighted by molar-refractivity contribution is 7.92. The summed E-state index contributed by atoms with van der Waals surface area (Å²) in [7, 11) is -2.84. The molecule has 0 aliphatic carbocycles. The smallest absolute Gasteiger partial charge is 0.416 e. The summed E-state index contributed by atoms with van der Waals surface area (Å²) >= 11 is 0. The molecule has 0 saturated carbocycles. The van der Waals surface area contributed by atoms with Crippen molar-refractivity contribution in [1.82, 2.24) is 4.90 Å². The molecule has 1 fully saturated rings. The fraction of sp³-hybridized carbons (Fsp3) is 0.269. The number of likely N-dealkylation sites (tertiary alicyclic amines) is 1. The third-order valence-corrected chi connectivity index (χ3v) is 7.95. The molecular formula is C26H25F3N2O4S. The number of halogens is 3. The largest absolute Gasteiger partial charge is 0.497 e. The van der Waals surface area contributed by atoms with E-state index in [2.05, 4.69) is 0 Å². The van der Waals surface area contributed by atoms with Crippen LogP contribution in [0.3, 0.4) is 0 Å². The summed E-state index contributed by atoms with van der Waals surface area (Å²) in [6, 6.07) is 18.6. The van der Waals surface area contributed by atoms with Crippen LogP contribution in [0, 0.1) is 0 Å². The van der Waals surface area contributed by atoms with Crippen molar-refractivity contribution in [3.63, 3.8) is 0 Å². The Morgan fingerprint density at radius 2 is 1.64 bits per heavy atom. The van der Waals surface area contributed by atoms with Gasteiger partial charge in [-0.1, -0.05) is 30.3 Å². The Kier molecular flexibility index (Phi) is 7.26. The van der Waals surface area contributed by atoms with Gasteiger partial charge >= 0.3 is 6.18 Å². The molecule has 1 heterocycles. The first-order valence-electron chi connectivity index (χ1n) is 11.3. The molecule has 10 heteroatoms. The normalized spacial score (nSPS) is 16.1. The summed E-state index contributed by atoms with van der Waals surface area (Å²) in [5.41, 5.74) is -0.00637. The van der Waals surface area contributed by atoms with E-state index in [9.17, 15) is 26.4 Å². The van der Waals surface area contributed by atoms with E-state index in [1.165, 1.54) is 31.4 Å². The second-order valence-electron chi connectivity index (χ2n) is 8.39. The van der Waals surface area contributed by atoms with Crippen molar-refractivity contribution in [1.29, 1.82) is 0 Å². The fourth-order valence-electron chi connectivity index (χ4n) is 4.31. The summed E-state index contributed by atoms with van der Waals surface area (Å²) < 4.78 is 72.5. The molecule has 0 N–H and O–H groups in total. The Morgan fingerprint density at radius 3 is 2.22 bits per heavy atom. The number of rotatable bonds is 7. The minimum Gasteiger partial charge on any atom is -0.497 e. The van der Waals surface area contributed by atoms with Gasteiger partial charge in [0.15, 0.2) is 0 Å². The molecule has 36 heavy (non-hydrogen) atoms. The molecule has 1 saturated heterocycles. The molecule has 0 spiro atoms. The highest BCUT2D eigenvalue weighted by Crippen LogP contribution is 2.34. The topological polar surface area (TPSA) is 66.9 Å². The van der Waals surface area contributed by atoms with Crippen molar-refractivity contribution in [2.24, 2.45) is 0 Å². The maximum atomic E-state index is 13.6. The van der Waals surface area contributed by atoms with Gasteiger partial charge in [0.1, 0.15) is 12.3 Å². The first kappa shape index (κ1) is 25.6. The molecule has 1 unspecified atom stereocenters. The van der Waals surface area contributed by atoms with Crippen molar-refractivity contribution in [2.75, 3.05) is 24.5 Å². The third kappa shape index (κ3) is 5.33. The highest BCUT2D eigenvalue weighted by Gasteiger charge is 2.35. The van der Waals surface area contributed by atoms with E-state index in [4.69, 9.17) is 4.74 Å². The van der Waals surface area contributed by atoms with Gasteiger partial charge in [0, 0.05) is 6.54 Å². The molecule has 1 amide bonds. The van der Waals surface area contributed by atoms with Gasteiger partial charge in [-0.05, 0) is 66.9 Å². The minimum absolute atomic E-state index is 0.0392. The van der Waals surface area contributed by atoms with Crippen LogP contribution in [0.25, 0.3) is 0 Å². The maximum Gasteiger partial charge on any atom is 0.416 e. The number of carbonyl (C=O) groups excluding carboxylic acids is 1. The lowest BCUT2D eigenvalue weighted by molar-refractivity contribution is -0.137. The van der Waals surface area contributed by atoms with Crippen molar-refractivity contribution < 1.29 is 31.1 Å². The average Bonchev–Trinajstić information content (AvgIpc) is 3.37. The van der Waals surface area contributed by atoms with Gasteiger partial charge in [-0.25, -0.2) is 8.42 Å². The zero-order valence-corrected chi connectivity index (χ0v) is 20.3.